The summed E-state index contributed by atoms with van der Waals surface area (Å²) in [6, 6.07) is 4.48. The second-order valence-corrected chi connectivity index (χ2v) is 3.80. The van der Waals surface area contributed by atoms with Crippen LogP contribution in [0.4, 0.5) is 0 Å². The molecule has 0 saturated carbocycles. The lowest BCUT2D eigenvalue weighted by atomic mass is 10.2. The van der Waals surface area contributed by atoms with Crippen molar-refractivity contribution >= 4 is 35.3 Å². The van der Waals surface area contributed by atoms with Crippen LogP contribution in [0.2, 0.25) is 10.0 Å². The maximum Gasteiger partial charge on any atom is 0.254 e. The van der Waals surface area contributed by atoms with Crippen molar-refractivity contribution in [2.75, 3.05) is 0 Å². The van der Waals surface area contributed by atoms with Gasteiger partial charge in [-0.1, -0.05) is 23.2 Å². The molecule has 88 valence electrons. The molecule has 0 aliphatic carbocycles. The lowest BCUT2D eigenvalue weighted by Crippen LogP contribution is -2.16. The minimum Gasteiger partial charge on any atom is -0.506 e. The third-order valence-corrected chi connectivity index (χ3v) is 2.20. The number of phenolic OH excluding ortho intramolecular Hbond substituents is 1. The second-order valence-electron chi connectivity index (χ2n) is 2.95. The van der Waals surface area contributed by atoms with Gasteiger partial charge in [-0.25, -0.2) is 5.43 Å². The van der Waals surface area contributed by atoms with Gasteiger partial charge in [-0.3, -0.25) is 4.79 Å². The molecule has 0 saturated heterocycles. The van der Waals surface area contributed by atoms with Crippen LogP contribution in [-0.4, -0.2) is 17.2 Å². The van der Waals surface area contributed by atoms with E-state index in [9.17, 15) is 9.90 Å². The van der Waals surface area contributed by atoms with Crippen molar-refractivity contribution in [1.29, 1.82) is 5.26 Å². The highest BCUT2D eigenvalue weighted by Crippen LogP contribution is 2.29. The number of nitriles is 1. The minimum absolute atomic E-state index is 0.0855. The number of rotatable bonds is 3. The van der Waals surface area contributed by atoms with Crippen LogP contribution in [0.5, 0.6) is 5.75 Å². The summed E-state index contributed by atoms with van der Waals surface area (Å²) in [6.45, 7) is 0. The van der Waals surface area contributed by atoms with Gasteiger partial charge >= 0.3 is 0 Å². The first kappa shape index (κ1) is 13.3. The Morgan fingerprint density at radius 3 is 2.94 bits per heavy atom. The normalized spacial score (nSPS) is 10.2. The molecule has 0 heterocycles. The van der Waals surface area contributed by atoms with Crippen LogP contribution in [0.3, 0.4) is 0 Å². The smallest absolute Gasteiger partial charge is 0.254 e. The van der Waals surface area contributed by atoms with Crippen LogP contribution in [0.15, 0.2) is 17.2 Å². The molecule has 0 aromatic heterocycles. The van der Waals surface area contributed by atoms with Crippen LogP contribution in [0.1, 0.15) is 12.0 Å². The largest absolute Gasteiger partial charge is 0.506 e. The standard InChI is InChI=1S/C10H7Cl2N3O2/c11-7-3-6(10(17)8(12)4-7)5-14-15-9(16)1-2-13/h3-5,17H,1H2,(H,15,16). The molecule has 7 heteroatoms. The molecule has 0 atom stereocenters. The molecular formula is C10H7Cl2N3O2. The highest BCUT2D eigenvalue weighted by atomic mass is 35.5. The van der Waals surface area contributed by atoms with Crippen molar-refractivity contribution in [1.82, 2.24) is 5.43 Å². The Balaban J connectivity index is 2.79. The number of hydrazone groups is 1. The average Bonchev–Trinajstić information content (AvgIpc) is 2.25. The summed E-state index contributed by atoms with van der Waals surface area (Å²) in [5, 5.41) is 21.7. The van der Waals surface area contributed by atoms with Crippen LogP contribution >= 0.6 is 23.2 Å². The van der Waals surface area contributed by atoms with E-state index in [1.165, 1.54) is 18.3 Å². The average molecular weight is 272 g/mol. The van der Waals surface area contributed by atoms with Crippen LogP contribution in [0.25, 0.3) is 0 Å². The van der Waals surface area contributed by atoms with E-state index >= 15 is 0 Å². The molecule has 0 bridgehead atoms. The molecule has 5 nitrogen and oxygen atoms in total. The van der Waals surface area contributed by atoms with Crippen molar-refractivity contribution in [2.24, 2.45) is 5.10 Å². The summed E-state index contributed by atoms with van der Waals surface area (Å²) in [5.74, 6) is -0.731. The molecule has 1 aromatic rings. The van der Waals surface area contributed by atoms with Crippen LogP contribution < -0.4 is 5.43 Å². The molecule has 0 aliphatic rings. The first-order valence-corrected chi connectivity index (χ1v) is 5.17. The van der Waals surface area contributed by atoms with E-state index in [1.54, 1.807) is 6.07 Å². The molecule has 17 heavy (non-hydrogen) atoms. The molecule has 1 amide bonds. The van der Waals surface area contributed by atoms with Gasteiger partial charge in [0.15, 0.2) is 0 Å². The van der Waals surface area contributed by atoms with E-state index in [1.807, 2.05) is 0 Å². The van der Waals surface area contributed by atoms with E-state index in [2.05, 4.69) is 10.5 Å². The molecule has 0 fully saturated rings. The quantitative estimate of drug-likeness (QED) is 0.652. The lowest BCUT2D eigenvalue weighted by Gasteiger charge is -2.02. The van der Waals surface area contributed by atoms with Gasteiger partial charge in [0, 0.05) is 10.6 Å². The van der Waals surface area contributed by atoms with Gasteiger partial charge in [0.25, 0.3) is 5.91 Å². The van der Waals surface area contributed by atoms with Gasteiger partial charge in [0.2, 0.25) is 0 Å². The fourth-order valence-electron chi connectivity index (χ4n) is 0.969. The van der Waals surface area contributed by atoms with E-state index in [0.29, 0.717) is 5.02 Å². The summed E-state index contributed by atoms with van der Waals surface area (Å²) in [5.41, 5.74) is 2.37. The van der Waals surface area contributed by atoms with Gasteiger partial charge in [0.1, 0.15) is 12.2 Å². The number of aromatic hydroxyl groups is 1. The predicted molar refractivity (Wildman–Crippen MR) is 64.1 cm³/mol. The van der Waals surface area contributed by atoms with Gasteiger partial charge in [-0.2, -0.15) is 10.4 Å². The topological polar surface area (TPSA) is 85.5 Å². The molecule has 0 radical (unpaired) electrons. The molecule has 2 N–H and O–H groups in total. The Morgan fingerprint density at radius 2 is 2.29 bits per heavy atom. The van der Waals surface area contributed by atoms with E-state index in [0.717, 1.165) is 0 Å². The molecule has 1 rings (SSSR count). The number of halogens is 2. The van der Waals surface area contributed by atoms with Crippen molar-refractivity contribution < 1.29 is 9.90 Å². The van der Waals surface area contributed by atoms with Crippen molar-refractivity contribution in [3.8, 4) is 11.8 Å². The summed E-state index contributed by atoms with van der Waals surface area (Å²) < 4.78 is 0. The third kappa shape index (κ3) is 3.94. The van der Waals surface area contributed by atoms with Gasteiger partial charge < -0.3 is 5.11 Å². The maximum atomic E-state index is 10.9. The Morgan fingerprint density at radius 1 is 1.59 bits per heavy atom. The number of phenols is 1. The first-order chi connectivity index (χ1) is 8.04. The van der Waals surface area contributed by atoms with E-state index < -0.39 is 5.91 Å². The highest BCUT2D eigenvalue weighted by molar-refractivity contribution is 6.36. The number of hydrogen-bond donors (Lipinski definition) is 2. The Kier molecular flexibility index (Phi) is 4.76. The molecular weight excluding hydrogens is 265 g/mol. The number of nitrogens with zero attached hydrogens (tertiary/aromatic N) is 2. The third-order valence-electron chi connectivity index (χ3n) is 1.69. The zero-order chi connectivity index (χ0) is 12.8. The Hall–Kier alpha value is -1.77. The first-order valence-electron chi connectivity index (χ1n) is 4.41. The molecule has 0 spiro atoms. The maximum absolute atomic E-state index is 10.9. The van der Waals surface area contributed by atoms with Gasteiger partial charge in [-0.15, -0.1) is 0 Å². The summed E-state index contributed by atoms with van der Waals surface area (Å²) in [6.07, 6.45) is 0.891. The molecule has 0 aliphatic heterocycles. The van der Waals surface area contributed by atoms with E-state index in [-0.39, 0.29) is 22.8 Å². The zero-order valence-electron chi connectivity index (χ0n) is 8.44. The van der Waals surface area contributed by atoms with Crippen LogP contribution in [0, 0.1) is 11.3 Å². The molecule has 0 unspecified atom stereocenters. The fourth-order valence-corrected chi connectivity index (χ4v) is 1.48. The van der Waals surface area contributed by atoms with Gasteiger partial charge in [0.05, 0.1) is 17.3 Å². The monoisotopic (exact) mass is 271 g/mol. The SMILES string of the molecule is N#CCC(=O)NN=Cc1cc(Cl)cc(Cl)c1O. The lowest BCUT2D eigenvalue weighted by molar-refractivity contribution is -0.120. The number of carbonyl (C=O) groups excluding carboxylic acids is 1. The highest BCUT2D eigenvalue weighted by Gasteiger charge is 2.06. The van der Waals surface area contributed by atoms with Gasteiger partial charge in [-0.05, 0) is 12.1 Å². The second kappa shape index (κ2) is 6.09. The van der Waals surface area contributed by atoms with Crippen LogP contribution in [-0.2, 0) is 4.79 Å². The van der Waals surface area contributed by atoms with Crippen molar-refractivity contribution in [3.05, 3.63) is 27.7 Å². The summed E-state index contributed by atoms with van der Waals surface area (Å²) >= 11 is 11.4. The Labute approximate surface area is 107 Å². The summed E-state index contributed by atoms with van der Waals surface area (Å²) in [7, 11) is 0. The number of amides is 1. The number of benzene rings is 1. The predicted octanol–water partition coefficient (Wildman–Crippen LogP) is 2.06. The van der Waals surface area contributed by atoms with Crippen molar-refractivity contribution in [3.63, 3.8) is 0 Å². The molecule has 1 aromatic carbocycles. The fraction of sp³-hybridized carbons (Fsp3) is 0.100. The number of carbonyl (C=O) groups is 1. The van der Waals surface area contributed by atoms with Crippen molar-refractivity contribution in [2.45, 2.75) is 6.42 Å². The Bertz CT molecular complexity index is 509. The zero-order valence-corrected chi connectivity index (χ0v) is 9.96. The van der Waals surface area contributed by atoms with E-state index in [4.69, 9.17) is 28.5 Å². The summed E-state index contributed by atoms with van der Waals surface area (Å²) in [4.78, 5) is 10.9. The number of nitrogens with one attached hydrogen (secondary N) is 1. The number of hydrogen-bond acceptors (Lipinski definition) is 4. The minimum atomic E-state index is -0.545.